The normalized spacial score (nSPS) is 14.0. The molecule has 0 atom stereocenters. The van der Waals surface area contributed by atoms with E-state index in [4.69, 9.17) is 4.74 Å². The Morgan fingerprint density at radius 1 is 1.03 bits per heavy atom. The topological polar surface area (TPSA) is 162 Å². The number of anilines is 1. The van der Waals surface area contributed by atoms with Crippen LogP contribution in [0.25, 0.3) is 6.08 Å². The number of hydrogen-bond donors (Lipinski definition) is 1. The molecule has 0 bridgehead atoms. The van der Waals surface area contributed by atoms with Gasteiger partial charge in [-0.15, -0.1) is 0 Å². The van der Waals surface area contributed by atoms with Crippen molar-refractivity contribution >= 4 is 52.0 Å². The Labute approximate surface area is 219 Å². The maximum atomic E-state index is 12.8. The second kappa shape index (κ2) is 10.9. The first-order valence-corrected chi connectivity index (χ1v) is 11.8. The molecule has 1 fully saturated rings. The van der Waals surface area contributed by atoms with Crippen LogP contribution in [0.1, 0.15) is 11.1 Å². The van der Waals surface area contributed by atoms with Gasteiger partial charge in [-0.05, 0) is 60.2 Å². The fourth-order valence-corrected chi connectivity index (χ4v) is 4.28. The van der Waals surface area contributed by atoms with Crippen molar-refractivity contribution in [2.24, 2.45) is 0 Å². The summed E-state index contributed by atoms with van der Waals surface area (Å²) in [6, 6.07) is 16.2. The lowest BCUT2D eigenvalue weighted by atomic mass is 10.2. The predicted octanol–water partition coefficient (Wildman–Crippen LogP) is 5.28. The SMILES string of the molecule is Cc1ccccc1NC(=O)CN1C(=O)S/C(=C/c2ccc(Oc3ccc([N+](=O)[O-])cc3[N+](=O)[O-])cc2)C1=O. The van der Waals surface area contributed by atoms with Gasteiger partial charge in [-0.1, -0.05) is 30.3 Å². The highest BCUT2D eigenvalue weighted by atomic mass is 32.2. The van der Waals surface area contributed by atoms with Crippen LogP contribution >= 0.6 is 11.8 Å². The standard InChI is InChI=1S/C25H18N4O8S/c1-15-4-2-3-5-19(15)26-23(30)14-27-24(31)22(38-25(27)32)12-16-6-9-18(10-7-16)37-21-11-8-17(28(33)34)13-20(21)29(35)36/h2-13H,14H2,1H3,(H,26,30)/b22-12+. The minimum absolute atomic E-state index is 0.123. The molecule has 13 heteroatoms. The van der Waals surface area contributed by atoms with Crippen molar-refractivity contribution < 1.29 is 29.0 Å². The van der Waals surface area contributed by atoms with Crippen LogP contribution in [0.3, 0.4) is 0 Å². The minimum atomic E-state index is -0.784. The number of imide groups is 1. The highest BCUT2D eigenvalue weighted by molar-refractivity contribution is 8.18. The smallest absolute Gasteiger partial charge is 0.318 e. The van der Waals surface area contributed by atoms with E-state index in [-0.39, 0.29) is 16.4 Å². The number of hydrogen-bond acceptors (Lipinski definition) is 9. The number of aryl methyl sites for hydroxylation is 1. The van der Waals surface area contributed by atoms with E-state index in [1.165, 1.54) is 18.2 Å². The van der Waals surface area contributed by atoms with Gasteiger partial charge in [-0.2, -0.15) is 0 Å². The van der Waals surface area contributed by atoms with E-state index in [1.807, 2.05) is 19.1 Å². The number of carbonyl (C=O) groups excluding carboxylic acids is 3. The molecule has 192 valence electrons. The molecule has 3 aromatic carbocycles. The number of para-hydroxylation sites is 1. The van der Waals surface area contributed by atoms with Gasteiger partial charge >= 0.3 is 5.69 Å². The fraction of sp³-hybridized carbons (Fsp3) is 0.0800. The van der Waals surface area contributed by atoms with Gasteiger partial charge in [0.1, 0.15) is 12.3 Å². The zero-order valence-corrected chi connectivity index (χ0v) is 20.5. The van der Waals surface area contributed by atoms with Gasteiger partial charge in [0.2, 0.25) is 11.7 Å². The third-order valence-electron chi connectivity index (χ3n) is 5.35. The van der Waals surface area contributed by atoms with Crippen molar-refractivity contribution in [1.29, 1.82) is 0 Å². The zero-order chi connectivity index (χ0) is 27.4. The molecule has 1 heterocycles. The molecular formula is C25H18N4O8S. The number of amides is 3. The molecule has 1 aliphatic heterocycles. The second-order valence-electron chi connectivity index (χ2n) is 7.97. The summed E-state index contributed by atoms with van der Waals surface area (Å²) in [6.07, 6.45) is 1.47. The van der Waals surface area contributed by atoms with Gasteiger partial charge in [-0.25, -0.2) is 0 Å². The highest BCUT2D eigenvalue weighted by Gasteiger charge is 2.36. The number of rotatable bonds is 8. The lowest BCUT2D eigenvalue weighted by molar-refractivity contribution is -0.394. The third kappa shape index (κ3) is 5.84. The molecule has 0 spiro atoms. The molecule has 1 saturated heterocycles. The number of nitrogens with one attached hydrogen (secondary N) is 1. The largest absolute Gasteiger partial charge is 0.450 e. The molecule has 12 nitrogen and oxygen atoms in total. The summed E-state index contributed by atoms with van der Waals surface area (Å²) < 4.78 is 5.52. The van der Waals surface area contributed by atoms with E-state index in [1.54, 1.807) is 24.3 Å². The summed E-state index contributed by atoms with van der Waals surface area (Å²) in [5, 5.41) is 24.3. The van der Waals surface area contributed by atoms with Crippen LogP contribution in [0, 0.1) is 27.2 Å². The van der Waals surface area contributed by atoms with Crippen molar-refractivity contribution in [3.05, 3.63) is 103 Å². The van der Waals surface area contributed by atoms with E-state index in [9.17, 15) is 34.6 Å². The van der Waals surface area contributed by atoms with Crippen molar-refractivity contribution in [2.75, 3.05) is 11.9 Å². The summed E-state index contributed by atoms with van der Waals surface area (Å²) in [5.74, 6) is -1.09. The average molecular weight is 535 g/mol. The number of non-ortho nitro benzene ring substituents is 1. The van der Waals surface area contributed by atoms with Crippen molar-refractivity contribution in [3.8, 4) is 11.5 Å². The molecule has 0 unspecified atom stereocenters. The quantitative estimate of drug-likeness (QED) is 0.230. The van der Waals surface area contributed by atoms with E-state index in [2.05, 4.69) is 5.32 Å². The van der Waals surface area contributed by atoms with Gasteiger partial charge in [-0.3, -0.25) is 39.5 Å². The maximum absolute atomic E-state index is 12.8. The predicted molar refractivity (Wildman–Crippen MR) is 139 cm³/mol. The molecule has 4 rings (SSSR count). The van der Waals surface area contributed by atoms with Crippen molar-refractivity contribution in [3.63, 3.8) is 0 Å². The lowest BCUT2D eigenvalue weighted by Crippen LogP contribution is -2.36. The van der Waals surface area contributed by atoms with Crippen molar-refractivity contribution in [2.45, 2.75) is 6.92 Å². The zero-order valence-electron chi connectivity index (χ0n) is 19.7. The molecule has 1 aliphatic rings. The third-order valence-corrected chi connectivity index (χ3v) is 6.26. The van der Waals surface area contributed by atoms with Crippen LogP contribution in [-0.4, -0.2) is 38.3 Å². The van der Waals surface area contributed by atoms with Crippen LogP contribution in [0.2, 0.25) is 0 Å². The summed E-state index contributed by atoms with van der Waals surface area (Å²) in [4.78, 5) is 59.2. The van der Waals surface area contributed by atoms with Gasteiger partial charge in [0.05, 0.1) is 20.8 Å². The maximum Gasteiger partial charge on any atom is 0.318 e. The first kappa shape index (κ1) is 26.0. The van der Waals surface area contributed by atoms with E-state index in [0.29, 0.717) is 23.0 Å². The highest BCUT2D eigenvalue weighted by Crippen LogP contribution is 2.35. The molecule has 0 radical (unpaired) electrons. The average Bonchev–Trinajstić information content (AvgIpc) is 3.13. The molecule has 0 aromatic heterocycles. The van der Waals surface area contributed by atoms with E-state index in [0.717, 1.165) is 28.7 Å². The van der Waals surface area contributed by atoms with Gasteiger partial charge in [0.25, 0.3) is 16.8 Å². The Morgan fingerprint density at radius 3 is 2.39 bits per heavy atom. The Morgan fingerprint density at radius 2 is 1.74 bits per heavy atom. The first-order chi connectivity index (χ1) is 18.1. The second-order valence-corrected chi connectivity index (χ2v) is 8.96. The molecule has 3 aromatic rings. The Hall–Kier alpha value is -5.04. The minimum Gasteiger partial charge on any atom is -0.450 e. The first-order valence-electron chi connectivity index (χ1n) is 10.9. The van der Waals surface area contributed by atoms with Crippen LogP contribution in [0.4, 0.5) is 21.9 Å². The van der Waals surface area contributed by atoms with Crippen LogP contribution in [0.5, 0.6) is 11.5 Å². The van der Waals surface area contributed by atoms with Crippen LogP contribution in [-0.2, 0) is 9.59 Å². The molecule has 0 aliphatic carbocycles. The van der Waals surface area contributed by atoms with Crippen LogP contribution < -0.4 is 10.1 Å². The summed E-state index contributed by atoms with van der Waals surface area (Å²) in [5.41, 5.74) is 0.946. The molecule has 38 heavy (non-hydrogen) atoms. The van der Waals surface area contributed by atoms with Crippen LogP contribution in [0.15, 0.2) is 71.6 Å². The molecule has 1 N–H and O–H groups in total. The lowest BCUT2D eigenvalue weighted by Gasteiger charge is -2.13. The Kier molecular flexibility index (Phi) is 7.48. The number of nitrogens with zero attached hydrogens (tertiary/aromatic N) is 3. The number of nitro groups is 2. The Bertz CT molecular complexity index is 1500. The number of thioether (sulfide) groups is 1. The summed E-state index contributed by atoms with van der Waals surface area (Å²) >= 11 is 0.701. The van der Waals surface area contributed by atoms with E-state index < -0.39 is 44.8 Å². The number of carbonyl (C=O) groups is 3. The molecule has 3 amide bonds. The van der Waals surface area contributed by atoms with Gasteiger partial charge in [0.15, 0.2) is 0 Å². The van der Waals surface area contributed by atoms with Gasteiger partial charge in [0, 0.05) is 11.8 Å². The molecular weight excluding hydrogens is 516 g/mol. The fourth-order valence-electron chi connectivity index (χ4n) is 3.44. The number of ether oxygens (including phenoxy) is 1. The Balaban J connectivity index is 1.44. The number of nitro benzene ring substituents is 2. The molecule has 0 saturated carbocycles. The summed E-state index contributed by atoms with van der Waals surface area (Å²) in [6.45, 7) is 1.39. The monoisotopic (exact) mass is 534 g/mol. The summed E-state index contributed by atoms with van der Waals surface area (Å²) in [7, 11) is 0. The van der Waals surface area contributed by atoms with Crippen molar-refractivity contribution in [1.82, 2.24) is 4.90 Å². The van der Waals surface area contributed by atoms with Gasteiger partial charge < -0.3 is 10.1 Å². The number of benzene rings is 3. The van der Waals surface area contributed by atoms with E-state index >= 15 is 0 Å².